The highest BCUT2D eigenvalue weighted by atomic mass is 16.5. The van der Waals surface area contributed by atoms with Crippen molar-refractivity contribution < 1.29 is 14.2 Å². The highest BCUT2D eigenvalue weighted by Gasteiger charge is 2.20. The van der Waals surface area contributed by atoms with Crippen LogP contribution in [-0.4, -0.2) is 36.6 Å². The minimum absolute atomic E-state index is 0.513. The first kappa shape index (κ1) is 18.9. The maximum absolute atomic E-state index is 5.49. The van der Waals surface area contributed by atoms with E-state index in [-0.39, 0.29) is 0 Å². The van der Waals surface area contributed by atoms with Gasteiger partial charge >= 0.3 is 0 Å². The highest BCUT2D eigenvalue weighted by molar-refractivity contribution is 4.68. The van der Waals surface area contributed by atoms with Crippen molar-refractivity contribution in [3.8, 4) is 0 Å². The van der Waals surface area contributed by atoms with E-state index in [9.17, 15) is 0 Å². The van der Waals surface area contributed by atoms with Gasteiger partial charge in [-0.25, -0.2) is 0 Å². The molecule has 126 valence electrons. The van der Waals surface area contributed by atoms with E-state index < -0.39 is 0 Å². The van der Waals surface area contributed by atoms with Crippen LogP contribution in [-0.2, 0) is 14.2 Å². The molecule has 0 aromatic carbocycles. The lowest BCUT2D eigenvalue weighted by Gasteiger charge is -2.30. The minimum atomic E-state index is 0.513. The second-order valence-corrected chi connectivity index (χ2v) is 7.02. The minimum Gasteiger partial charge on any atom is -0.376 e. The molecule has 0 aliphatic carbocycles. The normalized spacial score (nSPS) is 42.0. The first-order chi connectivity index (χ1) is 9.86. The summed E-state index contributed by atoms with van der Waals surface area (Å²) < 4.78 is 16.0. The van der Waals surface area contributed by atoms with Gasteiger partial charge in [-0.05, 0) is 80.1 Å². The predicted molar refractivity (Wildman–Crippen MR) is 87.7 cm³/mol. The average molecular weight is 300 g/mol. The third-order valence-electron chi connectivity index (χ3n) is 4.26. The first-order valence-corrected chi connectivity index (χ1v) is 8.83. The summed E-state index contributed by atoms with van der Waals surface area (Å²) in [6.07, 6.45) is 10.8. The van der Waals surface area contributed by atoms with Crippen molar-refractivity contribution in [2.45, 2.75) is 117 Å². The van der Waals surface area contributed by atoms with Crippen molar-refractivity contribution >= 4 is 0 Å². The fourth-order valence-corrected chi connectivity index (χ4v) is 3.08. The Kier molecular flexibility index (Phi) is 8.84. The molecule has 6 unspecified atom stereocenters. The van der Waals surface area contributed by atoms with Crippen LogP contribution in [0.4, 0.5) is 0 Å². The summed E-state index contributed by atoms with van der Waals surface area (Å²) in [5.74, 6) is 0. The largest absolute Gasteiger partial charge is 0.376 e. The number of hydrogen-bond acceptors (Lipinski definition) is 3. The van der Waals surface area contributed by atoms with E-state index in [1.54, 1.807) is 0 Å². The lowest BCUT2D eigenvalue weighted by Crippen LogP contribution is -2.31. The van der Waals surface area contributed by atoms with Gasteiger partial charge in [0, 0.05) is 0 Å². The molecule has 0 radical (unpaired) electrons. The second kappa shape index (κ2) is 9.81. The van der Waals surface area contributed by atoms with Crippen LogP contribution in [0.3, 0.4) is 0 Å². The standard InChI is InChI=1S/C7H14O.C6H12O.C5H10O/c1-6-4-3-5-7(2)8-6;1-5-3-4-6(2)7-5;1-4-3-5(2)6-4/h6-7H,3-5H2,1-2H3;5-6H,3-4H2,1-2H3;4-5H,3H2,1-2H3. The molecule has 0 aromatic heterocycles. The summed E-state index contributed by atoms with van der Waals surface area (Å²) in [4.78, 5) is 0. The highest BCUT2D eigenvalue weighted by Crippen LogP contribution is 2.18. The van der Waals surface area contributed by atoms with Gasteiger partial charge < -0.3 is 14.2 Å². The van der Waals surface area contributed by atoms with Crippen LogP contribution in [0.1, 0.15) is 80.1 Å². The maximum Gasteiger partial charge on any atom is 0.0575 e. The molecule has 0 spiro atoms. The molecule has 3 aliphatic heterocycles. The zero-order valence-electron chi connectivity index (χ0n) is 14.9. The summed E-state index contributed by atoms with van der Waals surface area (Å²) in [6.45, 7) is 12.7. The molecule has 3 heteroatoms. The van der Waals surface area contributed by atoms with Gasteiger partial charge in [-0.3, -0.25) is 0 Å². The van der Waals surface area contributed by atoms with Crippen molar-refractivity contribution in [3.63, 3.8) is 0 Å². The van der Waals surface area contributed by atoms with Gasteiger partial charge in [0.1, 0.15) is 0 Å². The summed E-state index contributed by atoms with van der Waals surface area (Å²) >= 11 is 0. The SMILES string of the molecule is CC1CC(C)O1.CC1CCC(C)O1.CC1CCCC(C)O1. The molecular formula is C18H36O3. The molecule has 6 atom stereocenters. The lowest BCUT2D eigenvalue weighted by molar-refractivity contribution is -0.102. The smallest absolute Gasteiger partial charge is 0.0575 e. The van der Waals surface area contributed by atoms with Crippen molar-refractivity contribution in [1.29, 1.82) is 0 Å². The Balaban J connectivity index is 0.000000159. The first-order valence-electron chi connectivity index (χ1n) is 8.83. The third kappa shape index (κ3) is 8.80. The van der Waals surface area contributed by atoms with Gasteiger partial charge in [0.2, 0.25) is 0 Å². The summed E-state index contributed by atoms with van der Waals surface area (Å²) in [7, 11) is 0. The molecule has 0 N–H and O–H groups in total. The van der Waals surface area contributed by atoms with Crippen molar-refractivity contribution in [3.05, 3.63) is 0 Å². The Morgan fingerprint density at radius 2 is 0.810 bits per heavy atom. The van der Waals surface area contributed by atoms with Crippen LogP contribution >= 0.6 is 0 Å². The molecule has 3 fully saturated rings. The fraction of sp³-hybridized carbons (Fsp3) is 1.00. The third-order valence-corrected chi connectivity index (χ3v) is 4.26. The molecule has 3 aliphatic rings. The molecular weight excluding hydrogens is 264 g/mol. The lowest BCUT2D eigenvalue weighted by atomic mass is 10.1. The second-order valence-electron chi connectivity index (χ2n) is 7.02. The van der Waals surface area contributed by atoms with Crippen molar-refractivity contribution in [2.75, 3.05) is 0 Å². The molecule has 3 heterocycles. The Morgan fingerprint density at radius 3 is 0.952 bits per heavy atom. The summed E-state index contributed by atoms with van der Waals surface area (Å²) in [5.41, 5.74) is 0. The van der Waals surface area contributed by atoms with Gasteiger partial charge in [0.25, 0.3) is 0 Å². The molecule has 21 heavy (non-hydrogen) atoms. The van der Waals surface area contributed by atoms with E-state index in [2.05, 4.69) is 41.5 Å². The molecule has 0 bridgehead atoms. The van der Waals surface area contributed by atoms with E-state index in [1.165, 1.54) is 38.5 Å². The van der Waals surface area contributed by atoms with Crippen molar-refractivity contribution in [1.82, 2.24) is 0 Å². The summed E-state index contributed by atoms with van der Waals surface area (Å²) in [6, 6.07) is 0. The molecule has 0 amide bonds. The van der Waals surface area contributed by atoms with Crippen LogP contribution in [0.5, 0.6) is 0 Å². The van der Waals surface area contributed by atoms with Crippen LogP contribution < -0.4 is 0 Å². The van der Waals surface area contributed by atoms with E-state index in [0.29, 0.717) is 36.6 Å². The van der Waals surface area contributed by atoms with E-state index >= 15 is 0 Å². The molecule has 0 saturated carbocycles. The Morgan fingerprint density at radius 1 is 0.476 bits per heavy atom. The number of rotatable bonds is 0. The maximum atomic E-state index is 5.49. The molecule has 3 rings (SSSR count). The Hall–Kier alpha value is -0.120. The van der Waals surface area contributed by atoms with E-state index in [4.69, 9.17) is 14.2 Å². The molecule has 0 aromatic rings. The van der Waals surface area contributed by atoms with Crippen molar-refractivity contribution in [2.24, 2.45) is 0 Å². The Bertz CT molecular complexity index is 241. The van der Waals surface area contributed by atoms with Gasteiger partial charge in [-0.15, -0.1) is 0 Å². The van der Waals surface area contributed by atoms with Gasteiger partial charge in [-0.2, -0.15) is 0 Å². The van der Waals surface area contributed by atoms with Gasteiger partial charge in [-0.1, -0.05) is 0 Å². The van der Waals surface area contributed by atoms with Crippen LogP contribution in [0, 0.1) is 0 Å². The fourth-order valence-electron chi connectivity index (χ4n) is 3.08. The number of hydrogen-bond donors (Lipinski definition) is 0. The Labute approximate surface area is 131 Å². The van der Waals surface area contributed by atoms with Gasteiger partial charge in [0.15, 0.2) is 0 Å². The zero-order chi connectivity index (χ0) is 15.8. The number of ether oxygens (including phenoxy) is 3. The van der Waals surface area contributed by atoms with Crippen LogP contribution in [0.25, 0.3) is 0 Å². The molecule has 3 nitrogen and oxygen atoms in total. The predicted octanol–water partition coefficient (Wildman–Crippen LogP) is 4.72. The van der Waals surface area contributed by atoms with Gasteiger partial charge in [0.05, 0.1) is 36.6 Å². The zero-order valence-corrected chi connectivity index (χ0v) is 14.9. The quantitative estimate of drug-likeness (QED) is 0.648. The summed E-state index contributed by atoms with van der Waals surface area (Å²) in [5, 5.41) is 0. The van der Waals surface area contributed by atoms with E-state index in [0.717, 1.165) is 0 Å². The monoisotopic (exact) mass is 300 g/mol. The average Bonchev–Trinajstić information content (AvgIpc) is 2.73. The molecule has 3 saturated heterocycles. The van der Waals surface area contributed by atoms with E-state index in [1.807, 2.05) is 0 Å². The topological polar surface area (TPSA) is 27.7 Å². The van der Waals surface area contributed by atoms with Crippen LogP contribution in [0.15, 0.2) is 0 Å². The van der Waals surface area contributed by atoms with Crippen LogP contribution in [0.2, 0.25) is 0 Å².